The van der Waals surface area contributed by atoms with Crippen LogP contribution in [-0.2, 0) is 0 Å². The highest BCUT2D eigenvalue weighted by atomic mass is 35.5. The van der Waals surface area contributed by atoms with Gasteiger partial charge in [-0.25, -0.2) is 0 Å². The van der Waals surface area contributed by atoms with Crippen molar-refractivity contribution in [3.05, 3.63) is 46.0 Å². The number of benzene rings is 1. The summed E-state index contributed by atoms with van der Waals surface area (Å²) in [5.74, 6) is 0. The molecular weight excluding hydrogens is 252 g/mol. The van der Waals surface area contributed by atoms with Crippen molar-refractivity contribution in [1.82, 2.24) is 0 Å². The Balaban J connectivity index is 0.00000196. The molecule has 2 N–H and O–H groups in total. The highest BCUT2D eigenvalue weighted by Crippen LogP contribution is 2.30. The molecule has 0 saturated heterocycles. The highest BCUT2D eigenvalue weighted by Gasteiger charge is 2.11. The minimum absolute atomic E-state index is 0. The van der Waals surface area contributed by atoms with Crippen molar-refractivity contribution < 1.29 is 0 Å². The second kappa shape index (κ2) is 6.39. The molecule has 1 atom stereocenters. The zero-order chi connectivity index (χ0) is 10.7. The van der Waals surface area contributed by atoms with E-state index in [1.54, 1.807) is 6.07 Å². The predicted molar refractivity (Wildman–Crippen MR) is 70.1 cm³/mol. The van der Waals surface area contributed by atoms with Crippen LogP contribution in [0, 0.1) is 0 Å². The van der Waals surface area contributed by atoms with Crippen LogP contribution < -0.4 is 5.73 Å². The van der Waals surface area contributed by atoms with Crippen molar-refractivity contribution in [1.29, 1.82) is 0 Å². The van der Waals surface area contributed by atoms with Crippen LogP contribution in [0.5, 0.6) is 0 Å². The van der Waals surface area contributed by atoms with Gasteiger partial charge < -0.3 is 5.73 Å². The molecule has 0 aliphatic heterocycles. The first-order chi connectivity index (χ1) is 6.52. The van der Waals surface area contributed by atoms with Gasteiger partial charge in [0.25, 0.3) is 0 Å². The molecule has 0 bridgehead atoms. The number of rotatable bonds is 3. The van der Waals surface area contributed by atoms with Gasteiger partial charge in [0, 0.05) is 6.04 Å². The summed E-state index contributed by atoms with van der Waals surface area (Å²) in [6.45, 7) is 5.76. The van der Waals surface area contributed by atoms with E-state index >= 15 is 0 Å². The van der Waals surface area contributed by atoms with Crippen molar-refractivity contribution in [3.63, 3.8) is 0 Å². The van der Waals surface area contributed by atoms with Crippen LogP contribution in [0.1, 0.15) is 24.9 Å². The molecule has 0 radical (unpaired) electrons. The van der Waals surface area contributed by atoms with Gasteiger partial charge in [-0.2, -0.15) is 0 Å². The maximum atomic E-state index is 6.03. The summed E-state index contributed by atoms with van der Waals surface area (Å²) in [6.07, 6.45) is 0.722. The monoisotopic (exact) mass is 265 g/mol. The van der Waals surface area contributed by atoms with Crippen molar-refractivity contribution in [2.45, 2.75) is 19.4 Å². The Labute approximate surface area is 107 Å². The summed E-state index contributed by atoms with van der Waals surface area (Å²) < 4.78 is 0. The minimum atomic E-state index is -0.126. The van der Waals surface area contributed by atoms with Crippen LogP contribution in [0.25, 0.3) is 0 Å². The molecule has 0 amide bonds. The van der Waals surface area contributed by atoms with Gasteiger partial charge in [-0.1, -0.05) is 40.9 Å². The lowest BCUT2D eigenvalue weighted by Crippen LogP contribution is -2.11. The summed E-state index contributed by atoms with van der Waals surface area (Å²) in [5, 5.41) is 1.09. The average molecular weight is 267 g/mol. The molecule has 0 heterocycles. The highest BCUT2D eigenvalue weighted by molar-refractivity contribution is 6.42. The Morgan fingerprint density at radius 1 is 1.47 bits per heavy atom. The van der Waals surface area contributed by atoms with E-state index in [0.717, 1.165) is 17.6 Å². The van der Waals surface area contributed by atoms with Crippen LogP contribution in [0.15, 0.2) is 30.4 Å². The lowest BCUT2D eigenvalue weighted by Gasteiger charge is -2.14. The molecule has 1 aromatic rings. The molecule has 0 saturated carbocycles. The van der Waals surface area contributed by atoms with Gasteiger partial charge in [-0.15, -0.1) is 19.0 Å². The fourth-order valence-electron chi connectivity index (χ4n) is 1.29. The number of hydrogen-bond acceptors (Lipinski definition) is 1. The van der Waals surface area contributed by atoms with E-state index in [4.69, 9.17) is 28.9 Å². The van der Waals surface area contributed by atoms with Crippen molar-refractivity contribution in [2.24, 2.45) is 5.73 Å². The number of nitrogens with two attached hydrogens (primary N) is 1. The topological polar surface area (TPSA) is 26.0 Å². The second-order valence-electron chi connectivity index (χ2n) is 3.41. The largest absolute Gasteiger partial charge is 0.324 e. The molecular formula is C11H14Cl3N. The van der Waals surface area contributed by atoms with E-state index in [1.165, 1.54) is 0 Å². The molecule has 84 valence electrons. The van der Waals surface area contributed by atoms with E-state index < -0.39 is 0 Å². The lowest BCUT2D eigenvalue weighted by atomic mass is 10.0. The molecule has 0 aliphatic carbocycles. The maximum absolute atomic E-state index is 6.03. The molecule has 0 spiro atoms. The predicted octanol–water partition coefficient (Wildman–Crippen LogP) is 4.38. The summed E-state index contributed by atoms with van der Waals surface area (Å²) in [6, 6.07) is 5.36. The molecule has 4 heteroatoms. The average Bonchev–Trinajstić information content (AvgIpc) is 2.08. The quantitative estimate of drug-likeness (QED) is 0.807. The van der Waals surface area contributed by atoms with Crippen molar-refractivity contribution in [2.75, 3.05) is 0 Å². The molecule has 0 aliphatic rings. The Hall–Kier alpha value is -0.210. The lowest BCUT2D eigenvalue weighted by molar-refractivity contribution is 0.717. The molecule has 0 unspecified atom stereocenters. The zero-order valence-corrected chi connectivity index (χ0v) is 10.8. The normalized spacial score (nSPS) is 11.7. The fraction of sp³-hybridized carbons (Fsp3) is 0.273. The van der Waals surface area contributed by atoms with Crippen LogP contribution in [0.3, 0.4) is 0 Å². The van der Waals surface area contributed by atoms with Gasteiger partial charge in [-0.05, 0) is 25.0 Å². The van der Waals surface area contributed by atoms with E-state index in [0.29, 0.717) is 10.0 Å². The van der Waals surface area contributed by atoms with Crippen LogP contribution in [0.2, 0.25) is 10.0 Å². The molecule has 0 fully saturated rings. The maximum Gasteiger partial charge on any atom is 0.0640 e. The molecule has 1 nitrogen and oxygen atoms in total. The fourth-order valence-corrected chi connectivity index (χ4v) is 1.74. The van der Waals surface area contributed by atoms with Gasteiger partial charge >= 0.3 is 0 Å². The summed E-state index contributed by atoms with van der Waals surface area (Å²) >= 11 is 11.9. The van der Waals surface area contributed by atoms with Gasteiger partial charge in [0.1, 0.15) is 0 Å². The van der Waals surface area contributed by atoms with E-state index in [-0.39, 0.29) is 18.4 Å². The first-order valence-corrected chi connectivity index (χ1v) is 5.12. The Morgan fingerprint density at radius 2 is 2.07 bits per heavy atom. The second-order valence-corrected chi connectivity index (χ2v) is 4.20. The van der Waals surface area contributed by atoms with Crippen molar-refractivity contribution in [3.8, 4) is 0 Å². The Morgan fingerprint density at radius 3 is 2.60 bits per heavy atom. The summed E-state index contributed by atoms with van der Waals surface area (Å²) in [7, 11) is 0. The van der Waals surface area contributed by atoms with E-state index in [1.807, 2.05) is 19.1 Å². The van der Waals surface area contributed by atoms with E-state index in [9.17, 15) is 0 Å². The van der Waals surface area contributed by atoms with Gasteiger partial charge in [0.15, 0.2) is 0 Å². The van der Waals surface area contributed by atoms with Gasteiger partial charge in [-0.3, -0.25) is 0 Å². The SMILES string of the molecule is C=C(C)C[C@H](N)c1cccc(Cl)c1Cl.Cl. The number of halogens is 3. The first kappa shape index (κ1) is 14.8. The Kier molecular flexibility index (Phi) is 6.30. The third-order valence-electron chi connectivity index (χ3n) is 1.95. The standard InChI is InChI=1S/C11H13Cl2N.ClH/c1-7(2)6-10(14)8-4-3-5-9(12)11(8)13;/h3-5,10H,1,6,14H2,2H3;1H/t10-;/m0./s1. The third-order valence-corrected chi connectivity index (χ3v) is 2.78. The minimum Gasteiger partial charge on any atom is -0.324 e. The summed E-state index contributed by atoms with van der Waals surface area (Å²) in [5.41, 5.74) is 7.87. The smallest absolute Gasteiger partial charge is 0.0640 e. The molecule has 15 heavy (non-hydrogen) atoms. The molecule has 0 aromatic heterocycles. The van der Waals surface area contributed by atoms with Crippen LogP contribution >= 0.6 is 35.6 Å². The van der Waals surface area contributed by atoms with Crippen LogP contribution in [0.4, 0.5) is 0 Å². The van der Waals surface area contributed by atoms with E-state index in [2.05, 4.69) is 6.58 Å². The van der Waals surface area contributed by atoms with Crippen LogP contribution in [-0.4, -0.2) is 0 Å². The zero-order valence-electron chi connectivity index (χ0n) is 8.47. The molecule has 1 aromatic carbocycles. The number of hydrogen-bond donors (Lipinski definition) is 1. The first-order valence-electron chi connectivity index (χ1n) is 4.36. The summed E-state index contributed by atoms with van der Waals surface area (Å²) in [4.78, 5) is 0. The van der Waals surface area contributed by atoms with Gasteiger partial charge in [0.05, 0.1) is 10.0 Å². The molecule has 1 rings (SSSR count). The third kappa shape index (κ3) is 4.04. The van der Waals surface area contributed by atoms with Crippen molar-refractivity contribution >= 4 is 35.6 Å². The Bertz CT molecular complexity index is 350. The van der Waals surface area contributed by atoms with Gasteiger partial charge in [0.2, 0.25) is 0 Å².